The highest BCUT2D eigenvalue weighted by Gasteiger charge is 2.57. The Morgan fingerprint density at radius 3 is 2.93 bits per heavy atom. The van der Waals surface area contributed by atoms with E-state index in [1.807, 2.05) is 0 Å². The van der Waals surface area contributed by atoms with Crippen molar-refractivity contribution in [3.8, 4) is 0 Å². The van der Waals surface area contributed by atoms with Gasteiger partial charge in [0, 0.05) is 12.5 Å². The third-order valence-electron chi connectivity index (χ3n) is 3.53. The molecule has 0 aromatic carbocycles. The Morgan fingerprint density at radius 1 is 1.57 bits per heavy atom. The van der Waals surface area contributed by atoms with Crippen molar-refractivity contribution in [2.24, 2.45) is 11.3 Å². The monoisotopic (exact) mass is 194 g/mol. The van der Waals surface area contributed by atoms with Gasteiger partial charge < -0.3 is 10.6 Å². The zero-order valence-corrected chi connectivity index (χ0v) is 8.51. The van der Waals surface area contributed by atoms with Gasteiger partial charge in [0.1, 0.15) is 0 Å². The molecule has 1 saturated carbocycles. The summed E-state index contributed by atoms with van der Waals surface area (Å²) in [6.07, 6.45) is 5.16. The van der Waals surface area contributed by atoms with E-state index >= 15 is 0 Å². The second kappa shape index (κ2) is 3.73. The lowest BCUT2D eigenvalue weighted by atomic mass is 9.92. The lowest BCUT2D eigenvalue weighted by molar-refractivity contribution is -0.123. The van der Waals surface area contributed by atoms with Crippen LogP contribution in [-0.2, 0) is 4.79 Å². The lowest BCUT2D eigenvalue weighted by Gasteiger charge is -2.23. The van der Waals surface area contributed by atoms with Gasteiger partial charge in [-0.15, -0.1) is 6.58 Å². The van der Waals surface area contributed by atoms with E-state index in [4.69, 9.17) is 0 Å². The number of hydrogen-bond acceptors (Lipinski definition) is 2. The molecule has 1 atom stereocenters. The quantitative estimate of drug-likeness (QED) is 0.649. The number of hydrogen-bond donors (Lipinski definition) is 2. The van der Waals surface area contributed by atoms with Crippen LogP contribution in [0.1, 0.15) is 19.3 Å². The lowest BCUT2D eigenvalue weighted by Crippen LogP contribution is -2.33. The fourth-order valence-corrected chi connectivity index (χ4v) is 2.49. The van der Waals surface area contributed by atoms with E-state index in [1.54, 1.807) is 6.08 Å². The third kappa shape index (κ3) is 1.69. The highest BCUT2D eigenvalue weighted by molar-refractivity contribution is 5.82. The summed E-state index contributed by atoms with van der Waals surface area (Å²) in [4.78, 5) is 11.7. The van der Waals surface area contributed by atoms with Crippen LogP contribution in [0.25, 0.3) is 0 Å². The summed E-state index contributed by atoms with van der Waals surface area (Å²) in [6, 6.07) is 0. The van der Waals surface area contributed by atoms with E-state index in [1.165, 1.54) is 12.8 Å². The van der Waals surface area contributed by atoms with Gasteiger partial charge in [-0.1, -0.05) is 6.08 Å². The smallest absolute Gasteiger partial charge is 0.223 e. The zero-order valence-electron chi connectivity index (χ0n) is 8.51. The number of carbonyl (C=O) groups excluding carboxylic acids is 1. The average molecular weight is 194 g/mol. The number of piperidine rings is 1. The van der Waals surface area contributed by atoms with Gasteiger partial charge in [-0.2, -0.15) is 0 Å². The largest absolute Gasteiger partial charge is 0.352 e. The van der Waals surface area contributed by atoms with Crippen molar-refractivity contribution >= 4 is 5.91 Å². The van der Waals surface area contributed by atoms with Crippen LogP contribution in [0, 0.1) is 11.3 Å². The summed E-state index contributed by atoms with van der Waals surface area (Å²) in [6.45, 7) is 6.34. The Bertz CT molecular complexity index is 244. The Kier molecular flexibility index (Phi) is 2.59. The summed E-state index contributed by atoms with van der Waals surface area (Å²) in [5.41, 5.74) is 0.358. The molecule has 14 heavy (non-hydrogen) atoms. The molecule has 3 heteroatoms. The minimum Gasteiger partial charge on any atom is -0.352 e. The molecular weight excluding hydrogens is 176 g/mol. The van der Waals surface area contributed by atoms with Crippen LogP contribution < -0.4 is 10.6 Å². The highest BCUT2D eigenvalue weighted by atomic mass is 16.2. The van der Waals surface area contributed by atoms with Crippen LogP contribution >= 0.6 is 0 Å². The van der Waals surface area contributed by atoms with E-state index in [-0.39, 0.29) is 11.8 Å². The molecule has 2 fully saturated rings. The molecule has 0 bridgehead atoms. The van der Waals surface area contributed by atoms with Crippen molar-refractivity contribution in [2.75, 3.05) is 19.6 Å². The molecule has 2 rings (SSSR count). The first-order valence-corrected chi connectivity index (χ1v) is 5.38. The van der Waals surface area contributed by atoms with Crippen molar-refractivity contribution in [1.82, 2.24) is 10.6 Å². The Morgan fingerprint density at radius 2 is 2.29 bits per heavy atom. The van der Waals surface area contributed by atoms with Crippen molar-refractivity contribution in [3.63, 3.8) is 0 Å². The highest BCUT2D eigenvalue weighted by Crippen LogP contribution is 2.58. The SMILES string of the molecule is C=CCNC(=O)C1CC12CCNCC2. The van der Waals surface area contributed by atoms with Gasteiger partial charge in [0.05, 0.1) is 0 Å². The topological polar surface area (TPSA) is 41.1 Å². The van der Waals surface area contributed by atoms with Gasteiger partial charge in [0.15, 0.2) is 0 Å². The molecule has 78 valence electrons. The molecule has 1 saturated heterocycles. The van der Waals surface area contributed by atoms with Crippen LogP contribution in [0.5, 0.6) is 0 Å². The normalized spacial score (nSPS) is 28.4. The summed E-state index contributed by atoms with van der Waals surface area (Å²) in [5, 5.41) is 6.22. The zero-order chi connectivity index (χ0) is 10.0. The second-order valence-corrected chi connectivity index (χ2v) is 4.40. The van der Waals surface area contributed by atoms with Crippen molar-refractivity contribution in [1.29, 1.82) is 0 Å². The van der Waals surface area contributed by atoms with Crippen molar-refractivity contribution in [2.45, 2.75) is 19.3 Å². The van der Waals surface area contributed by atoms with E-state index in [0.717, 1.165) is 19.5 Å². The second-order valence-electron chi connectivity index (χ2n) is 4.40. The predicted molar refractivity (Wildman–Crippen MR) is 55.9 cm³/mol. The molecule has 0 aromatic heterocycles. The number of carbonyl (C=O) groups is 1. The summed E-state index contributed by atoms with van der Waals surface area (Å²) < 4.78 is 0. The molecule has 1 unspecified atom stereocenters. The molecular formula is C11H18N2O. The van der Waals surface area contributed by atoms with Gasteiger partial charge in [-0.3, -0.25) is 4.79 Å². The Balaban J connectivity index is 1.84. The fraction of sp³-hybridized carbons (Fsp3) is 0.727. The number of amides is 1. The van der Waals surface area contributed by atoms with E-state index in [2.05, 4.69) is 17.2 Å². The van der Waals surface area contributed by atoms with Gasteiger partial charge >= 0.3 is 0 Å². The first-order valence-electron chi connectivity index (χ1n) is 5.38. The number of nitrogens with one attached hydrogen (secondary N) is 2. The van der Waals surface area contributed by atoms with Crippen LogP contribution in [0.2, 0.25) is 0 Å². The van der Waals surface area contributed by atoms with Crippen molar-refractivity contribution < 1.29 is 4.79 Å². The van der Waals surface area contributed by atoms with Gasteiger partial charge in [-0.25, -0.2) is 0 Å². The summed E-state index contributed by atoms with van der Waals surface area (Å²) in [7, 11) is 0. The Hall–Kier alpha value is -0.830. The molecule has 0 radical (unpaired) electrons. The van der Waals surface area contributed by atoms with Crippen LogP contribution in [-0.4, -0.2) is 25.5 Å². The first-order chi connectivity index (χ1) is 6.78. The standard InChI is InChI=1S/C11H18N2O/c1-2-5-13-10(14)9-8-11(9)3-6-12-7-4-11/h2,9,12H,1,3-8H2,(H,13,14). The average Bonchev–Trinajstić information content (AvgIpc) is 2.90. The minimum absolute atomic E-state index is 0.229. The Labute approximate surface area is 84.9 Å². The first kappa shape index (κ1) is 9.71. The van der Waals surface area contributed by atoms with Gasteiger partial charge in [0.25, 0.3) is 0 Å². The predicted octanol–water partition coefficient (Wildman–Crippen LogP) is 0.678. The number of rotatable bonds is 3. The molecule has 3 nitrogen and oxygen atoms in total. The molecule has 2 aliphatic rings. The maximum Gasteiger partial charge on any atom is 0.223 e. The third-order valence-corrected chi connectivity index (χ3v) is 3.53. The molecule has 1 heterocycles. The maximum absolute atomic E-state index is 11.7. The molecule has 1 spiro atoms. The summed E-state index contributed by atoms with van der Waals surface area (Å²) >= 11 is 0. The molecule has 0 aromatic rings. The molecule has 1 amide bonds. The van der Waals surface area contributed by atoms with Gasteiger partial charge in [0.2, 0.25) is 5.91 Å². The minimum atomic E-state index is 0.229. The van der Waals surface area contributed by atoms with E-state index in [9.17, 15) is 4.79 Å². The maximum atomic E-state index is 11.7. The molecule has 1 aliphatic heterocycles. The fourth-order valence-electron chi connectivity index (χ4n) is 2.49. The van der Waals surface area contributed by atoms with E-state index < -0.39 is 0 Å². The van der Waals surface area contributed by atoms with Crippen LogP contribution in [0.15, 0.2) is 12.7 Å². The summed E-state index contributed by atoms with van der Waals surface area (Å²) in [5.74, 6) is 0.511. The molecule has 1 aliphatic carbocycles. The van der Waals surface area contributed by atoms with Crippen LogP contribution in [0.3, 0.4) is 0 Å². The molecule has 2 N–H and O–H groups in total. The van der Waals surface area contributed by atoms with Crippen molar-refractivity contribution in [3.05, 3.63) is 12.7 Å². The van der Waals surface area contributed by atoms with E-state index in [0.29, 0.717) is 12.0 Å². The van der Waals surface area contributed by atoms with Crippen LogP contribution in [0.4, 0.5) is 0 Å². The van der Waals surface area contributed by atoms with Gasteiger partial charge in [-0.05, 0) is 37.8 Å².